The smallest absolute Gasteiger partial charge is 0.237 e. The van der Waals surface area contributed by atoms with Crippen molar-refractivity contribution >= 4 is 5.91 Å². The maximum Gasteiger partial charge on any atom is 0.237 e. The minimum absolute atomic E-state index is 0.0670. The van der Waals surface area contributed by atoms with E-state index in [1.807, 2.05) is 18.2 Å². The van der Waals surface area contributed by atoms with Gasteiger partial charge < -0.3 is 15.4 Å². The highest BCUT2D eigenvalue weighted by Crippen LogP contribution is 2.14. The van der Waals surface area contributed by atoms with Gasteiger partial charge in [0, 0.05) is 13.1 Å². The van der Waals surface area contributed by atoms with Crippen molar-refractivity contribution in [3.8, 4) is 0 Å². The summed E-state index contributed by atoms with van der Waals surface area (Å²) in [7, 11) is 0. The highest BCUT2D eigenvalue weighted by Gasteiger charge is 2.29. The minimum Gasteiger partial charge on any atom is -0.372 e. The zero-order valence-corrected chi connectivity index (χ0v) is 14.7. The molecule has 4 heteroatoms. The molecule has 4 nitrogen and oxygen atoms in total. The lowest BCUT2D eigenvalue weighted by atomic mass is 10.1. The van der Waals surface area contributed by atoms with Gasteiger partial charge >= 0.3 is 0 Å². The number of hydrogen-bond acceptors (Lipinski definition) is 3. The summed E-state index contributed by atoms with van der Waals surface area (Å²) in [6.07, 6.45) is 1.67. The molecule has 2 aromatic rings. The number of amides is 1. The molecule has 0 aliphatic carbocycles. The molecule has 0 spiro atoms. The third-order valence-electron chi connectivity index (χ3n) is 4.57. The van der Waals surface area contributed by atoms with Crippen molar-refractivity contribution in [2.24, 2.45) is 0 Å². The fourth-order valence-electron chi connectivity index (χ4n) is 3.03. The van der Waals surface area contributed by atoms with E-state index in [-0.39, 0.29) is 18.1 Å². The zero-order chi connectivity index (χ0) is 17.5. The van der Waals surface area contributed by atoms with E-state index in [9.17, 15) is 4.79 Å². The molecule has 2 aromatic carbocycles. The lowest BCUT2D eigenvalue weighted by molar-refractivity contribution is -0.123. The molecule has 1 aliphatic rings. The van der Waals surface area contributed by atoms with Gasteiger partial charge in [-0.25, -0.2) is 0 Å². The van der Waals surface area contributed by atoms with E-state index in [1.54, 1.807) is 0 Å². The minimum atomic E-state index is -0.154. The number of carbonyl (C=O) groups is 1. The Bertz CT molecular complexity index is 670. The molecule has 1 heterocycles. The first-order valence-corrected chi connectivity index (χ1v) is 8.93. The number of aryl methyl sites for hydroxylation is 1. The average molecular weight is 338 g/mol. The molecule has 25 heavy (non-hydrogen) atoms. The van der Waals surface area contributed by atoms with Crippen LogP contribution in [-0.4, -0.2) is 31.1 Å². The Labute approximate surface area is 149 Å². The monoisotopic (exact) mass is 338 g/mol. The summed E-state index contributed by atoms with van der Waals surface area (Å²) in [5.74, 6) is 0.0670. The molecular formula is C21H26N2O2. The van der Waals surface area contributed by atoms with E-state index < -0.39 is 0 Å². The second-order valence-corrected chi connectivity index (χ2v) is 6.64. The van der Waals surface area contributed by atoms with Gasteiger partial charge in [-0.1, -0.05) is 60.2 Å². The van der Waals surface area contributed by atoms with Crippen molar-refractivity contribution in [3.05, 3.63) is 71.3 Å². The maximum absolute atomic E-state index is 12.3. The van der Waals surface area contributed by atoms with Crippen molar-refractivity contribution in [2.45, 2.75) is 38.5 Å². The van der Waals surface area contributed by atoms with Gasteiger partial charge in [-0.2, -0.15) is 0 Å². The lowest BCUT2D eigenvalue weighted by Crippen LogP contribution is -2.41. The van der Waals surface area contributed by atoms with Crippen LogP contribution in [0.15, 0.2) is 54.6 Å². The molecule has 0 radical (unpaired) electrons. The van der Waals surface area contributed by atoms with Crippen LogP contribution >= 0.6 is 0 Å². The predicted molar refractivity (Wildman–Crippen MR) is 99.3 cm³/mol. The van der Waals surface area contributed by atoms with Crippen LogP contribution in [0.3, 0.4) is 0 Å². The van der Waals surface area contributed by atoms with Gasteiger partial charge in [0.15, 0.2) is 0 Å². The molecule has 2 atom stereocenters. The van der Waals surface area contributed by atoms with Crippen LogP contribution in [0.5, 0.6) is 0 Å². The van der Waals surface area contributed by atoms with Crippen LogP contribution in [0.1, 0.15) is 23.1 Å². The van der Waals surface area contributed by atoms with E-state index in [4.69, 9.17) is 4.74 Å². The van der Waals surface area contributed by atoms with Crippen molar-refractivity contribution in [1.82, 2.24) is 10.6 Å². The van der Waals surface area contributed by atoms with Crippen molar-refractivity contribution in [2.75, 3.05) is 13.1 Å². The standard InChI is InChI=1S/C21H26N2O2/c1-16-7-9-18(10-8-16)15-25-19-13-20(23-14-19)21(24)22-12-11-17-5-3-2-4-6-17/h2-10,19-20,23H,11-15H2,1H3,(H,22,24)/t19-,20-/m0/s1. The number of hydrogen-bond donors (Lipinski definition) is 2. The predicted octanol–water partition coefficient (Wildman–Crippen LogP) is 2.60. The Kier molecular flexibility index (Phi) is 6.20. The van der Waals surface area contributed by atoms with E-state index >= 15 is 0 Å². The summed E-state index contributed by atoms with van der Waals surface area (Å²) in [5.41, 5.74) is 3.65. The first-order chi connectivity index (χ1) is 12.2. The summed E-state index contributed by atoms with van der Waals surface area (Å²) >= 11 is 0. The molecule has 2 N–H and O–H groups in total. The van der Waals surface area contributed by atoms with Gasteiger partial charge in [-0.3, -0.25) is 4.79 Å². The molecule has 132 valence electrons. The number of nitrogens with one attached hydrogen (secondary N) is 2. The Morgan fingerprint density at radius 2 is 1.88 bits per heavy atom. The van der Waals surface area contributed by atoms with Crippen LogP contribution < -0.4 is 10.6 Å². The van der Waals surface area contributed by atoms with Crippen LogP contribution in [-0.2, 0) is 22.6 Å². The van der Waals surface area contributed by atoms with Crippen molar-refractivity contribution in [1.29, 1.82) is 0 Å². The van der Waals surface area contributed by atoms with Gasteiger partial charge in [0.25, 0.3) is 0 Å². The Balaban J connectivity index is 1.36. The highest BCUT2D eigenvalue weighted by atomic mass is 16.5. The quantitative estimate of drug-likeness (QED) is 0.816. The first kappa shape index (κ1) is 17.6. The summed E-state index contributed by atoms with van der Waals surface area (Å²) in [4.78, 5) is 12.3. The van der Waals surface area contributed by atoms with Crippen LogP contribution in [0.25, 0.3) is 0 Å². The number of benzene rings is 2. The Hall–Kier alpha value is -2.17. The molecule has 0 saturated carbocycles. The Morgan fingerprint density at radius 3 is 2.64 bits per heavy atom. The molecule has 1 aliphatic heterocycles. The SMILES string of the molecule is Cc1ccc(CO[C@@H]2CN[C@H](C(=O)NCCc3ccccc3)C2)cc1. The lowest BCUT2D eigenvalue weighted by Gasteiger charge is -2.12. The normalized spacial score (nSPS) is 19.7. The zero-order valence-electron chi connectivity index (χ0n) is 14.7. The molecule has 1 amide bonds. The summed E-state index contributed by atoms with van der Waals surface area (Å²) in [6, 6.07) is 18.4. The summed E-state index contributed by atoms with van der Waals surface area (Å²) in [6.45, 7) is 4.06. The van der Waals surface area contributed by atoms with Crippen molar-refractivity contribution in [3.63, 3.8) is 0 Å². The van der Waals surface area contributed by atoms with E-state index in [0.29, 0.717) is 13.2 Å². The maximum atomic E-state index is 12.3. The second kappa shape index (κ2) is 8.79. The van der Waals surface area contributed by atoms with Crippen LogP contribution in [0.4, 0.5) is 0 Å². The van der Waals surface area contributed by atoms with Gasteiger partial charge in [0.1, 0.15) is 0 Å². The topological polar surface area (TPSA) is 50.4 Å². The summed E-state index contributed by atoms with van der Waals surface area (Å²) in [5, 5.41) is 6.28. The third kappa shape index (κ3) is 5.41. The molecule has 3 rings (SSSR count). The van der Waals surface area contributed by atoms with Gasteiger partial charge in [-0.05, 0) is 30.9 Å². The fourth-order valence-corrected chi connectivity index (χ4v) is 3.03. The fraction of sp³-hybridized carbons (Fsp3) is 0.381. The first-order valence-electron chi connectivity index (χ1n) is 8.93. The molecule has 0 bridgehead atoms. The molecule has 0 unspecified atom stereocenters. The van der Waals surface area contributed by atoms with E-state index in [0.717, 1.165) is 19.4 Å². The van der Waals surface area contributed by atoms with Crippen LogP contribution in [0, 0.1) is 6.92 Å². The molecule has 1 saturated heterocycles. The van der Waals surface area contributed by atoms with Gasteiger partial charge in [0.2, 0.25) is 5.91 Å². The van der Waals surface area contributed by atoms with Gasteiger partial charge in [-0.15, -0.1) is 0 Å². The van der Waals surface area contributed by atoms with E-state index in [1.165, 1.54) is 16.7 Å². The average Bonchev–Trinajstić information content (AvgIpc) is 3.11. The second-order valence-electron chi connectivity index (χ2n) is 6.64. The number of ether oxygens (including phenoxy) is 1. The molecule has 1 fully saturated rings. The molecule has 0 aromatic heterocycles. The van der Waals surface area contributed by atoms with Gasteiger partial charge in [0.05, 0.1) is 18.8 Å². The Morgan fingerprint density at radius 1 is 1.12 bits per heavy atom. The third-order valence-corrected chi connectivity index (χ3v) is 4.57. The number of carbonyl (C=O) groups excluding carboxylic acids is 1. The number of rotatable bonds is 7. The largest absolute Gasteiger partial charge is 0.372 e. The summed E-state index contributed by atoms with van der Waals surface area (Å²) < 4.78 is 5.94. The van der Waals surface area contributed by atoms with E-state index in [2.05, 4.69) is 54.0 Å². The highest BCUT2D eigenvalue weighted by molar-refractivity contribution is 5.82. The van der Waals surface area contributed by atoms with Crippen LogP contribution in [0.2, 0.25) is 0 Å². The molecular weight excluding hydrogens is 312 g/mol. The van der Waals surface area contributed by atoms with Crippen molar-refractivity contribution < 1.29 is 9.53 Å².